The highest BCUT2D eigenvalue weighted by Gasteiger charge is 2.13. The van der Waals surface area contributed by atoms with Crippen LogP contribution in [0.1, 0.15) is 43.8 Å². The standard InChI is InChI=1S/C16H24BrNO2/c17-14-6-4-5-13(11-14)16(19)12-18-9-10-20-15-7-2-1-3-8-15/h4-6,11,15-16,18-19H,1-3,7-10,12H2. The van der Waals surface area contributed by atoms with Crippen molar-refractivity contribution in [3.63, 3.8) is 0 Å². The summed E-state index contributed by atoms with van der Waals surface area (Å²) in [5, 5.41) is 13.3. The van der Waals surface area contributed by atoms with Crippen molar-refractivity contribution in [3.8, 4) is 0 Å². The quantitative estimate of drug-likeness (QED) is 0.746. The zero-order valence-electron chi connectivity index (χ0n) is 11.9. The lowest BCUT2D eigenvalue weighted by Gasteiger charge is -2.22. The van der Waals surface area contributed by atoms with Gasteiger partial charge >= 0.3 is 0 Å². The molecule has 0 spiro atoms. The largest absolute Gasteiger partial charge is 0.387 e. The fraction of sp³-hybridized carbons (Fsp3) is 0.625. The third kappa shape index (κ3) is 5.52. The first kappa shape index (κ1) is 16.0. The zero-order chi connectivity index (χ0) is 14.2. The Bertz CT molecular complexity index is 394. The van der Waals surface area contributed by atoms with E-state index in [1.165, 1.54) is 32.1 Å². The van der Waals surface area contributed by atoms with Crippen LogP contribution < -0.4 is 5.32 Å². The Labute approximate surface area is 129 Å². The molecule has 20 heavy (non-hydrogen) atoms. The summed E-state index contributed by atoms with van der Waals surface area (Å²) in [6.45, 7) is 2.09. The van der Waals surface area contributed by atoms with Gasteiger partial charge in [-0.15, -0.1) is 0 Å². The van der Waals surface area contributed by atoms with Crippen LogP contribution in [0, 0.1) is 0 Å². The van der Waals surface area contributed by atoms with Crippen LogP contribution in [-0.4, -0.2) is 30.9 Å². The fourth-order valence-corrected chi connectivity index (χ4v) is 3.02. The van der Waals surface area contributed by atoms with Crippen LogP contribution in [0.25, 0.3) is 0 Å². The molecule has 0 aromatic heterocycles. The first-order valence-electron chi connectivity index (χ1n) is 7.51. The van der Waals surface area contributed by atoms with Gasteiger partial charge in [-0.05, 0) is 30.5 Å². The molecule has 3 nitrogen and oxygen atoms in total. The van der Waals surface area contributed by atoms with Crippen molar-refractivity contribution in [2.75, 3.05) is 19.7 Å². The first-order valence-corrected chi connectivity index (χ1v) is 8.31. The molecule has 1 saturated carbocycles. The topological polar surface area (TPSA) is 41.5 Å². The summed E-state index contributed by atoms with van der Waals surface area (Å²) in [5.41, 5.74) is 0.931. The number of hydrogen-bond acceptors (Lipinski definition) is 3. The number of benzene rings is 1. The second-order valence-corrected chi connectivity index (χ2v) is 6.32. The van der Waals surface area contributed by atoms with Crippen LogP contribution in [0.2, 0.25) is 0 Å². The SMILES string of the molecule is OC(CNCCOC1CCCCC1)c1cccc(Br)c1. The molecule has 1 unspecified atom stereocenters. The van der Waals surface area contributed by atoms with Crippen molar-refractivity contribution in [3.05, 3.63) is 34.3 Å². The first-order chi connectivity index (χ1) is 9.75. The minimum absolute atomic E-state index is 0.459. The third-order valence-corrected chi connectivity index (χ3v) is 4.25. The zero-order valence-corrected chi connectivity index (χ0v) is 13.4. The van der Waals surface area contributed by atoms with Gasteiger partial charge in [0.1, 0.15) is 0 Å². The Balaban J connectivity index is 1.58. The molecule has 1 fully saturated rings. The summed E-state index contributed by atoms with van der Waals surface area (Å²) in [6, 6.07) is 7.79. The van der Waals surface area contributed by atoms with E-state index in [0.29, 0.717) is 12.6 Å². The normalized spacial score (nSPS) is 18.1. The molecule has 1 aromatic rings. The molecule has 2 rings (SSSR count). The minimum atomic E-state index is -0.470. The molecule has 0 radical (unpaired) electrons. The van der Waals surface area contributed by atoms with Crippen molar-refractivity contribution in [2.45, 2.75) is 44.3 Å². The van der Waals surface area contributed by atoms with Crippen molar-refractivity contribution < 1.29 is 9.84 Å². The molecule has 0 aliphatic heterocycles. The van der Waals surface area contributed by atoms with Crippen LogP contribution in [0.15, 0.2) is 28.7 Å². The predicted molar refractivity (Wildman–Crippen MR) is 84.8 cm³/mol. The predicted octanol–water partition coefficient (Wildman–Crippen LogP) is 3.42. The lowest BCUT2D eigenvalue weighted by molar-refractivity contribution is 0.0292. The number of rotatable bonds is 7. The van der Waals surface area contributed by atoms with Crippen LogP contribution in [-0.2, 0) is 4.74 Å². The maximum atomic E-state index is 10.1. The van der Waals surface area contributed by atoms with E-state index in [4.69, 9.17) is 4.74 Å². The second kappa shape index (κ2) is 8.78. The van der Waals surface area contributed by atoms with Gasteiger partial charge in [0, 0.05) is 17.6 Å². The minimum Gasteiger partial charge on any atom is -0.387 e. The Morgan fingerprint density at radius 3 is 2.85 bits per heavy atom. The van der Waals surface area contributed by atoms with Gasteiger partial charge in [0.05, 0.1) is 18.8 Å². The highest BCUT2D eigenvalue weighted by atomic mass is 79.9. The molecule has 1 atom stereocenters. The average Bonchev–Trinajstić information content (AvgIpc) is 2.48. The van der Waals surface area contributed by atoms with Crippen molar-refractivity contribution in [1.82, 2.24) is 5.32 Å². The lowest BCUT2D eigenvalue weighted by Crippen LogP contribution is -2.27. The van der Waals surface area contributed by atoms with E-state index in [1.54, 1.807) is 0 Å². The second-order valence-electron chi connectivity index (χ2n) is 5.41. The van der Waals surface area contributed by atoms with Gasteiger partial charge in [-0.2, -0.15) is 0 Å². The molecule has 4 heteroatoms. The molecule has 1 aliphatic rings. The molecule has 0 saturated heterocycles. The van der Waals surface area contributed by atoms with Gasteiger partial charge in [-0.25, -0.2) is 0 Å². The maximum Gasteiger partial charge on any atom is 0.0914 e. The van der Waals surface area contributed by atoms with E-state index in [9.17, 15) is 5.11 Å². The third-order valence-electron chi connectivity index (χ3n) is 3.76. The van der Waals surface area contributed by atoms with Gasteiger partial charge in [-0.3, -0.25) is 0 Å². The van der Waals surface area contributed by atoms with Crippen molar-refractivity contribution in [2.24, 2.45) is 0 Å². The smallest absolute Gasteiger partial charge is 0.0914 e. The van der Waals surface area contributed by atoms with Gasteiger partial charge < -0.3 is 15.2 Å². The highest BCUT2D eigenvalue weighted by molar-refractivity contribution is 9.10. The van der Waals surface area contributed by atoms with E-state index in [2.05, 4.69) is 21.2 Å². The number of hydrogen-bond donors (Lipinski definition) is 2. The summed E-state index contributed by atoms with van der Waals surface area (Å²) in [4.78, 5) is 0. The summed E-state index contributed by atoms with van der Waals surface area (Å²) in [7, 11) is 0. The number of aliphatic hydroxyl groups excluding tert-OH is 1. The summed E-state index contributed by atoms with van der Waals surface area (Å²) < 4.78 is 6.83. The molecular weight excluding hydrogens is 318 g/mol. The van der Waals surface area contributed by atoms with Crippen LogP contribution >= 0.6 is 15.9 Å². The number of nitrogens with one attached hydrogen (secondary N) is 1. The molecule has 0 amide bonds. The van der Waals surface area contributed by atoms with Gasteiger partial charge in [-0.1, -0.05) is 47.3 Å². The van der Waals surface area contributed by atoms with E-state index < -0.39 is 6.10 Å². The molecule has 112 valence electrons. The summed E-state index contributed by atoms with van der Waals surface area (Å²) in [5.74, 6) is 0. The summed E-state index contributed by atoms with van der Waals surface area (Å²) in [6.07, 6.45) is 6.38. The Kier molecular flexibility index (Phi) is 7.00. The van der Waals surface area contributed by atoms with Crippen molar-refractivity contribution in [1.29, 1.82) is 0 Å². The summed E-state index contributed by atoms with van der Waals surface area (Å²) >= 11 is 3.42. The number of halogens is 1. The highest BCUT2D eigenvalue weighted by Crippen LogP contribution is 2.20. The van der Waals surface area contributed by atoms with Crippen LogP contribution in [0.3, 0.4) is 0 Å². The molecule has 2 N–H and O–H groups in total. The Morgan fingerprint density at radius 2 is 2.10 bits per heavy atom. The Hall–Kier alpha value is -0.420. The lowest BCUT2D eigenvalue weighted by atomic mass is 9.98. The van der Waals surface area contributed by atoms with Gasteiger partial charge in [0.15, 0.2) is 0 Å². The van der Waals surface area contributed by atoms with E-state index in [1.807, 2.05) is 24.3 Å². The molecule has 1 aliphatic carbocycles. The van der Waals surface area contributed by atoms with Gasteiger partial charge in [0.2, 0.25) is 0 Å². The molecule has 1 aromatic carbocycles. The average molecular weight is 342 g/mol. The van der Waals surface area contributed by atoms with Crippen LogP contribution in [0.4, 0.5) is 0 Å². The van der Waals surface area contributed by atoms with Crippen LogP contribution in [0.5, 0.6) is 0 Å². The Morgan fingerprint density at radius 1 is 1.30 bits per heavy atom. The van der Waals surface area contributed by atoms with Crippen molar-refractivity contribution >= 4 is 15.9 Å². The monoisotopic (exact) mass is 341 g/mol. The van der Waals surface area contributed by atoms with E-state index in [-0.39, 0.29) is 0 Å². The molecule has 0 heterocycles. The molecular formula is C16H24BrNO2. The fourth-order valence-electron chi connectivity index (χ4n) is 2.60. The number of ether oxygens (including phenoxy) is 1. The maximum absolute atomic E-state index is 10.1. The molecule has 0 bridgehead atoms. The van der Waals surface area contributed by atoms with E-state index >= 15 is 0 Å². The van der Waals surface area contributed by atoms with E-state index in [0.717, 1.165) is 23.2 Å². The van der Waals surface area contributed by atoms with Gasteiger partial charge in [0.25, 0.3) is 0 Å². The number of aliphatic hydroxyl groups is 1.